The van der Waals surface area contributed by atoms with Gasteiger partial charge in [0.2, 0.25) is 0 Å². The summed E-state index contributed by atoms with van der Waals surface area (Å²) in [7, 11) is 0. The molecule has 112 valence electrons. The lowest BCUT2D eigenvalue weighted by Crippen LogP contribution is -2.46. The number of ether oxygens (including phenoxy) is 1. The van der Waals surface area contributed by atoms with Crippen molar-refractivity contribution < 1.29 is 4.74 Å². The summed E-state index contributed by atoms with van der Waals surface area (Å²) in [6.45, 7) is 11.5. The van der Waals surface area contributed by atoms with E-state index in [0.717, 1.165) is 31.2 Å². The summed E-state index contributed by atoms with van der Waals surface area (Å²) in [4.78, 5) is 2.47. The first-order chi connectivity index (χ1) is 9.41. The van der Waals surface area contributed by atoms with Gasteiger partial charge in [-0.25, -0.2) is 4.68 Å². The largest absolute Gasteiger partial charge is 0.372 e. The third-order valence-corrected chi connectivity index (χ3v) is 4.12. The lowest BCUT2D eigenvalue weighted by molar-refractivity contribution is -0.0884. The van der Waals surface area contributed by atoms with Gasteiger partial charge in [-0.15, -0.1) is 5.10 Å². The first-order valence-corrected chi connectivity index (χ1v) is 7.71. The first-order valence-electron chi connectivity index (χ1n) is 7.71. The second-order valence-corrected chi connectivity index (χ2v) is 7.34. The number of rotatable bonds is 3. The highest BCUT2D eigenvalue weighted by molar-refractivity contribution is 4.97. The van der Waals surface area contributed by atoms with E-state index in [4.69, 9.17) is 4.74 Å². The van der Waals surface area contributed by atoms with Crippen LogP contribution in [0.3, 0.4) is 0 Å². The molecule has 2 atom stereocenters. The van der Waals surface area contributed by atoms with E-state index in [1.54, 1.807) is 0 Å². The van der Waals surface area contributed by atoms with Crippen LogP contribution in [-0.2, 0) is 16.8 Å². The SMILES string of the molecule is C[C@@H]1CN(Cc2cn(C(C)(C)C)nn2)C[C@@H](C2CC2)O1. The highest BCUT2D eigenvalue weighted by Gasteiger charge is 2.37. The van der Waals surface area contributed by atoms with Gasteiger partial charge < -0.3 is 4.74 Å². The topological polar surface area (TPSA) is 43.2 Å². The van der Waals surface area contributed by atoms with E-state index in [1.165, 1.54) is 12.8 Å². The zero-order chi connectivity index (χ0) is 14.3. The average Bonchev–Trinajstić information content (AvgIpc) is 3.08. The van der Waals surface area contributed by atoms with Gasteiger partial charge in [-0.05, 0) is 46.5 Å². The molecule has 0 N–H and O–H groups in total. The summed E-state index contributed by atoms with van der Waals surface area (Å²) < 4.78 is 8.00. The molecular weight excluding hydrogens is 252 g/mol. The Hall–Kier alpha value is -0.940. The van der Waals surface area contributed by atoms with E-state index in [1.807, 2.05) is 4.68 Å². The molecule has 2 aliphatic rings. The zero-order valence-electron chi connectivity index (χ0n) is 13.0. The van der Waals surface area contributed by atoms with Gasteiger partial charge in [-0.2, -0.15) is 0 Å². The maximum absolute atomic E-state index is 6.05. The predicted octanol–water partition coefficient (Wildman–Crippen LogP) is 2.03. The van der Waals surface area contributed by atoms with E-state index >= 15 is 0 Å². The van der Waals surface area contributed by atoms with Crippen LogP contribution in [0, 0.1) is 5.92 Å². The van der Waals surface area contributed by atoms with Crippen molar-refractivity contribution >= 4 is 0 Å². The van der Waals surface area contributed by atoms with Gasteiger partial charge in [-0.3, -0.25) is 4.90 Å². The van der Waals surface area contributed by atoms with Crippen molar-refractivity contribution in [2.24, 2.45) is 5.92 Å². The van der Waals surface area contributed by atoms with Gasteiger partial charge in [0, 0.05) is 19.6 Å². The fourth-order valence-corrected chi connectivity index (χ4v) is 2.86. The summed E-state index contributed by atoms with van der Waals surface area (Å²) in [5.41, 5.74) is 1.06. The third kappa shape index (κ3) is 3.20. The number of aromatic nitrogens is 3. The summed E-state index contributed by atoms with van der Waals surface area (Å²) in [6.07, 6.45) is 5.51. The van der Waals surface area contributed by atoms with Crippen molar-refractivity contribution in [3.63, 3.8) is 0 Å². The monoisotopic (exact) mass is 278 g/mol. The molecule has 0 unspecified atom stereocenters. The molecule has 0 spiro atoms. The van der Waals surface area contributed by atoms with Gasteiger partial charge >= 0.3 is 0 Å². The maximum atomic E-state index is 6.05. The highest BCUT2D eigenvalue weighted by atomic mass is 16.5. The fraction of sp³-hybridized carbons (Fsp3) is 0.867. The molecule has 5 nitrogen and oxygen atoms in total. The molecule has 1 saturated carbocycles. The first kappa shape index (κ1) is 14.0. The van der Waals surface area contributed by atoms with E-state index in [2.05, 4.69) is 49.1 Å². The van der Waals surface area contributed by atoms with Gasteiger partial charge in [0.1, 0.15) is 0 Å². The van der Waals surface area contributed by atoms with Crippen molar-refractivity contribution in [3.8, 4) is 0 Å². The Bertz CT molecular complexity index is 461. The van der Waals surface area contributed by atoms with Crippen LogP contribution >= 0.6 is 0 Å². The highest BCUT2D eigenvalue weighted by Crippen LogP contribution is 2.36. The standard InChI is InChI=1S/C15H26N4O/c1-11-7-18(10-14(20-11)12-5-6-12)8-13-9-19(17-16-13)15(2,3)4/h9,11-12,14H,5-8,10H2,1-4H3/t11-,14+/m1/s1. The minimum Gasteiger partial charge on any atom is -0.372 e. The number of hydrogen-bond acceptors (Lipinski definition) is 4. The second-order valence-electron chi connectivity index (χ2n) is 7.34. The molecule has 3 rings (SSSR count). The summed E-state index contributed by atoms with van der Waals surface area (Å²) in [6, 6.07) is 0. The molecule has 20 heavy (non-hydrogen) atoms. The smallest absolute Gasteiger partial charge is 0.0967 e. The van der Waals surface area contributed by atoms with Crippen molar-refractivity contribution in [3.05, 3.63) is 11.9 Å². The van der Waals surface area contributed by atoms with E-state index in [0.29, 0.717) is 12.2 Å². The lowest BCUT2D eigenvalue weighted by Gasteiger charge is -2.36. The molecule has 1 aliphatic heterocycles. The Balaban J connectivity index is 1.63. The van der Waals surface area contributed by atoms with E-state index in [-0.39, 0.29) is 5.54 Å². The Morgan fingerprint density at radius 1 is 1.30 bits per heavy atom. The van der Waals surface area contributed by atoms with Crippen LogP contribution in [0.2, 0.25) is 0 Å². The predicted molar refractivity (Wildman–Crippen MR) is 77.4 cm³/mol. The summed E-state index contributed by atoms with van der Waals surface area (Å²) in [5.74, 6) is 0.797. The minimum absolute atomic E-state index is 0.0000981. The van der Waals surface area contributed by atoms with Gasteiger partial charge in [0.25, 0.3) is 0 Å². The second kappa shape index (κ2) is 5.11. The Morgan fingerprint density at radius 2 is 2.05 bits per heavy atom. The van der Waals surface area contributed by atoms with Crippen LogP contribution < -0.4 is 0 Å². The Kier molecular flexibility index (Phi) is 3.58. The molecule has 2 heterocycles. The molecule has 1 saturated heterocycles. The van der Waals surface area contributed by atoms with Crippen LogP contribution in [0.15, 0.2) is 6.20 Å². The van der Waals surface area contributed by atoms with Crippen molar-refractivity contribution in [1.82, 2.24) is 19.9 Å². The normalized spacial score (nSPS) is 28.8. The van der Waals surface area contributed by atoms with E-state index in [9.17, 15) is 0 Å². The van der Waals surface area contributed by atoms with Crippen molar-refractivity contribution in [2.45, 2.75) is 64.8 Å². The molecular formula is C15H26N4O. The van der Waals surface area contributed by atoms with Gasteiger partial charge in [0.15, 0.2) is 0 Å². The lowest BCUT2D eigenvalue weighted by atomic mass is 10.1. The molecule has 0 radical (unpaired) electrons. The quantitative estimate of drug-likeness (QED) is 0.848. The summed E-state index contributed by atoms with van der Waals surface area (Å²) >= 11 is 0. The molecule has 2 fully saturated rings. The molecule has 1 aliphatic carbocycles. The van der Waals surface area contributed by atoms with E-state index < -0.39 is 0 Å². The van der Waals surface area contributed by atoms with Crippen LogP contribution in [0.5, 0.6) is 0 Å². The molecule has 5 heteroatoms. The molecule has 0 aromatic carbocycles. The molecule has 0 amide bonds. The average molecular weight is 278 g/mol. The van der Waals surface area contributed by atoms with Crippen molar-refractivity contribution in [1.29, 1.82) is 0 Å². The number of hydrogen-bond donors (Lipinski definition) is 0. The maximum Gasteiger partial charge on any atom is 0.0967 e. The van der Waals surface area contributed by atoms with Crippen LogP contribution in [0.4, 0.5) is 0 Å². The van der Waals surface area contributed by atoms with Crippen LogP contribution in [0.1, 0.15) is 46.2 Å². The third-order valence-electron chi connectivity index (χ3n) is 4.12. The van der Waals surface area contributed by atoms with Crippen LogP contribution in [0.25, 0.3) is 0 Å². The minimum atomic E-state index is 0.0000981. The molecule has 0 bridgehead atoms. The van der Waals surface area contributed by atoms with Gasteiger partial charge in [0.05, 0.1) is 29.6 Å². The summed E-state index contributed by atoms with van der Waals surface area (Å²) in [5, 5.41) is 8.56. The number of morpholine rings is 1. The molecule has 1 aromatic heterocycles. The fourth-order valence-electron chi connectivity index (χ4n) is 2.86. The zero-order valence-corrected chi connectivity index (χ0v) is 13.0. The Morgan fingerprint density at radius 3 is 2.65 bits per heavy atom. The van der Waals surface area contributed by atoms with Crippen molar-refractivity contribution in [2.75, 3.05) is 13.1 Å². The Labute approximate surface area is 121 Å². The van der Waals surface area contributed by atoms with Gasteiger partial charge in [-0.1, -0.05) is 5.21 Å². The molecule has 1 aromatic rings. The van der Waals surface area contributed by atoms with Crippen LogP contribution in [-0.4, -0.2) is 45.2 Å². The number of nitrogens with zero attached hydrogens (tertiary/aromatic N) is 4.